The monoisotopic (exact) mass is 289 g/mol. The molecule has 1 N–H and O–H groups in total. The van der Waals surface area contributed by atoms with E-state index < -0.39 is 0 Å². The average Bonchev–Trinajstić information content (AvgIpc) is 2.93. The molecule has 0 bridgehead atoms. The first kappa shape index (κ1) is 14.8. The standard InChI is InChI=1S/C17H27N3O/c1-2-18-9-11-20(12-10-18)17-6-4-3-5-15(17)13-19-8-7-16(21)14-19/h3-6,16,21H,2,7-14H2,1H3/t16-/m0/s1. The predicted octanol–water partition coefficient (Wildman–Crippen LogP) is 1.40. The molecule has 4 heteroatoms. The number of β-amino-alcohol motifs (C(OH)–C–C–N with tert-alkyl or cyclic N) is 1. The van der Waals surface area contributed by atoms with E-state index in [9.17, 15) is 5.11 Å². The number of hydrogen-bond donors (Lipinski definition) is 1. The van der Waals surface area contributed by atoms with Crippen molar-refractivity contribution in [1.82, 2.24) is 9.80 Å². The van der Waals surface area contributed by atoms with Gasteiger partial charge in [-0.05, 0) is 24.6 Å². The highest BCUT2D eigenvalue weighted by Gasteiger charge is 2.22. The molecule has 1 aromatic carbocycles. The number of piperazine rings is 1. The van der Waals surface area contributed by atoms with Gasteiger partial charge in [-0.3, -0.25) is 4.90 Å². The number of aliphatic hydroxyl groups is 1. The first-order chi connectivity index (χ1) is 10.3. The fraction of sp³-hybridized carbons (Fsp3) is 0.647. The maximum Gasteiger partial charge on any atom is 0.0679 e. The number of likely N-dealkylation sites (tertiary alicyclic amines) is 1. The molecule has 2 saturated heterocycles. The van der Waals surface area contributed by atoms with E-state index in [1.165, 1.54) is 11.3 Å². The van der Waals surface area contributed by atoms with Crippen molar-refractivity contribution in [3.8, 4) is 0 Å². The van der Waals surface area contributed by atoms with Crippen LogP contribution in [0.25, 0.3) is 0 Å². The van der Waals surface area contributed by atoms with Crippen molar-refractivity contribution in [1.29, 1.82) is 0 Å². The van der Waals surface area contributed by atoms with E-state index in [-0.39, 0.29) is 6.10 Å². The summed E-state index contributed by atoms with van der Waals surface area (Å²) in [6.07, 6.45) is 0.780. The zero-order valence-electron chi connectivity index (χ0n) is 13.0. The van der Waals surface area contributed by atoms with Crippen LogP contribution in [0.4, 0.5) is 5.69 Å². The summed E-state index contributed by atoms with van der Waals surface area (Å²) in [5, 5.41) is 9.69. The van der Waals surface area contributed by atoms with Crippen LogP contribution >= 0.6 is 0 Å². The van der Waals surface area contributed by atoms with Crippen LogP contribution in [0.1, 0.15) is 18.9 Å². The van der Waals surface area contributed by atoms with Gasteiger partial charge in [-0.1, -0.05) is 25.1 Å². The van der Waals surface area contributed by atoms with E-state index in [0.29, 0.717) is 0 Å². The zero-order valence-corrected chi connectivity index (χ0v) is 13.0. The lowest BCUT2D eigenvalue weighted by atomic mass is 10.1. The first-order valence-electron chi connectivity index (χ1n) is 8.22. The van der Waals surface area contributed by atoms with Crippen LogP contribution in [-0.4, -0.2) is 66.8 Å². The van der Waals surface area contributed by atoms with E-state index >= 15 is 0 Å². The third kappa shape index (κ3) is 3.57. The van der Waals surface area contributed by atoms with Crippen LogP contribution in [0.15, 0.2) is 24.3 Å². The minimum atomic E-state index is -0.134. The quantitative estimate of drug-likeness (QED) is 0.907. The van der Waals surface area contributed by atoms with Crippen LogP contribution in [0.2, 0.25) is 0 Å². The Hall–Kier alpha value is -1.10. The van der Waals surface area contributed by atoms with E-state index in [4.69, 9.17) is 0 Å². The third-order valence-electron chi connectivity index (χ3n) is 4.79. The summed E-state index contributed by atoms with van der Waals surface area (Å²) in [7, 11) is 0. The van der Waals surface area contributed by atoms with Crippen molar-refractivity contribution in [3.63, 3.8) is 0 Å². The van der Waals surface area contributed by atoms with Gasteiger partial charge in [0.05, 0.1) is 6.10 Å². The molecule has 0 radical (unpaired) electrons. The Morgan fingerprint density at radius 2 is 1.81 bits per heavy atom. The summed E-state index contributed by atoms with van der Waals surface area (Å²) in [5.74, 6) is 0. The van der Waals surface area contributed by atoms with Crippen molar-refractivity contribution in [3.05, 3.63) is 29.8 Å². The molecular formula is C17H27N3O. The fourth-order valence-electron chi connectivity index (χ4n) is 3.45. The molecule has 0 spiro atoms. The highest BCUT2D eigenvalue weighted by molar-refractivity contribution is 5.54. The van der Waals surface area contributed by atoms with Gasteiger partial charge in [0.15, 0.2) is 0 Å². The van der Waals surface area contributed by atoms with Crippen molar-refractivity contribution < 1.29 is 5.11 Å². The van der Waals surface area contributed by atoms with Crippen molar-refractivity contribution >= 4 is 5.69 Å². The minimum absolute atomic E-state index is 0.134. The van der Waals surface area contributed by atoms with Crippen LogP contribution in [0, 0.1) is 0 Å². The van der Waals surface area contributed by atoms with Crippen LogP contribution in [0.3, 0.4) is 0 Å². The van der Waals surface area contributed by atoms with Crippen molar-refractivity contribution in [2.75, 3.05) is 50.7 Å². The maximum absolute atomic E-state index is 9.69. The van der Waals surface area contributed by atoms with Gasteiger partial charge in [-0.2, -0.15) is 0 Å². The summed E-state index contributed by atoms with van der Waals surface area (Å²) in [5.41, 5.74) is 2.78. The number of rotatable bonds is 4. The normalized spacial score (nSPS) is 24.7. The lowest BCUT2D eigenvalue weighted by Gasteiger charge is -2.36. The Labute approximate surface area is 128 Å². The van der Waals surface area contributed by atoms with E-state index in [2.05, 4.69) is 45.9 Å². The van der Waals surface area contributed by atoms with Crippen molar-refractivity contribution in [2.45, 2.75) is 26.0 Å². The Balaban J connectivity index is 1.68. The molecule has 0 aliphatic carbocycles. The summed E-state index contributed by atoms with van der Waals surface area (Å²) >= 11 is 0. The molecule has 0 unspecified atom stereocenters. The Kier molecular flexibility index (Phi) is 4.78. The summed E-state index contributed by atoms with van der Waals surface area (Å²) < 4.78 is 0. The smallest absolute Gasteiger partial charge is 0.0679 e. The third-order valence-corrected chi connectivity index (χ3v) is 4.79. The molecule has 0 saturated carbocycles. The number of likely N-dealkylation sites (N-methyl/N-ethyl adjacent to an activating group) is 1. The topological polar surface area (TPSA) is 30.0 Å². The zero-order chi connectivity index (χ0) is 14.7. The van der Waals surface area contributed by atoms with Gasteiger partial charge in [-0.25, -0.2) is 0 Å². The first-order valence-corrected chi connectivity index (χ1v) is 8.22. The molecule has 0 amide bonds. The van der Waals surface area contributed by atoms with Crippen molar-refractivity contribution in [2.24, 2.45) is 0 Å². The van der Waals surface area contributed by atoms with E-state index in [0.717, 1.165) is 58.8 Å². The largest absolute Gasteiger partial charge is 0.392 e. The molecule has 21 heavy (non-hydrogen) atoms. The lowest BCUT2D eigenvalue weighted by Crippen LogP contribution is -2.46. The second-order valence-corrected chi connectivity index (χ2v) is 6.23. The molecule has 3 rings (SSSR count). The van der Waals surface area contributed by atoms with Gasteiger partial charge >= 0.3 is 0 Å². The second-order valence-electron chi connectivity index (χ2n) is 6.23. The predicted molar refractivity (Wildman–Crippen MR) is 86.7 cm³/mol. The second kappa shape index (κ2) is 6.77. The molecular weight excluding hydrogens is 262 g/mol. The highest BCUT2D eigenvalue weighted by Crippen LogP contribution is 2.24. The van der Waals surface area contributed by atoms with Gasteiger partial charge in [0.1, 0.15) is 0 Å². The molecule has 1 atom stereocenters. The van der Waals surface area contributed by atoms with E-state index in [1.807, 2.05) is 0 Å². The number of nitrogens with zero attached hydrogens (tertiary/aromatic N) is 3. The summed E-state index contributed by atoms with van der Waals surface area (Å²) in [6.45, 7) is 10.7. The highest BCUT2D eigenvalue weighted by atomic mass is 16.3. The molecule has 2 heterocycles. The van der Waals surface area contributed by atoms with Crippen LogP contribution < -0.4 is 4.90 Å². The van der Waals surface area contributed by atoms with E-state index in [1.54, 1.807) is 0 Å². The lowest BCUT2D eigenvalue weighted by molar-refractivity contribution is 0.175. The summed E-state index contributed by atoms with van der Waals surface area (Å²) in [4.78, 5) is 7.40. The average molecular weight is 289 g/mol. The Morgan fingerprint density at radius 3 is 2.48 bits per heavy atom. The number of hydrogen-bond acceptors (Lipinski definition) is 4. The molecule has 2 aliphatic heterocycles. The Bertz CT molecular complexity index is 457. The number of anilines is 1. The number of benzene rings is 1. The maximum atomic E-state index is 9.69. The fourth-order valence-corrected chi connectivity index (χ4v) is 3.45. The molecule has 116 valence electrons. The minimum Gasteiger partial charge on any atom is -0.392 e. The van der Waals surface area contributed by atoms with Crippen LogP contribution in [-0.2, 0) is 6.54 Å². The van der Waals surface area contributed by atoms with Gasteiger partial charge in [0.25, 0.3) is 0 Å². The van der Waals surface area contributed by atoms with Gasteiger partial charge in [-0.15, -0.1) is 0 Å². The number of aliphatic hydroxyl groups excluding tert-OH is 1. The molecule has 2 fully saturated rings. The summed E-state index contributed by atoms with van der Waals surface area (Å²) in [6, 6.07) is 8.77. The SMILES string of the molecule is CCN1CCN(c2ccccc2CN2CC[C@H](O)C2)CC1. The molecule has 0 aromatic heterocycles. The Morgan fingerprint density at radius 1 is 1.05 bits per heavy atom. The van der Waals surface area contributed by atoms with Crippen LogP contribution in [0.5, 0.6) is 0 Å². The molecule has 1 aromatic rings. The van der Waals surface area contributed by atoms with Gasteiger partial charge < -0.3 is 14.9 Å². The van der Waals surface area contributed by atoms with Gasteiger partial charge in [0, 0.05) is 51.5 Å². The van der Waals surface area contributed by atoms with Gasteiger partial charge in [0.2, 0.25) is 0 Å². The molecule has 2 aliphatic rings. The molecule has 4 nitrogen and oxygen atoms in total. The number of para-hydroxylation sites is 1.